The lowest BCUT2D eigenvalue weighted by Gasteiger charge is -2.08. The number of alkyl halides is 3. The summed E-state index contributed by atoms with van der Waals surface area (Å²) in [6, 6.07) is 10.4. The van der Waals surface area contributed by atoms with Crippen LogP contribution in [0.25, 0.3) is 6.08 Å². The molecular formula is C18H12ClF3N2O2. The Balaban J connectivity index is 2.19. The van der Waals surface area contributed by atoms with E-state index in [9.17, 15) is 18.0 Å². The van der Waals surface area contributed by atoms with Crippen LogP contribution in [0.4, 0.5) is 18.9 Å². The van der Waals surface area contributed by atoms with Crippen molar-refractivity contribution >= 4 is 29.3 Å². The molecule has 0 saturated heterocycles. The molecule has 0 radical (unpaired) electrons. The maximum Gasteiger partial charge on any atom is 0.416 e. The maximum atomic E-state index is 12.6. The van der Waals surface area contributed by atoms with E-state index in [0.29, 0.717) is 11.4 Å². The van der Waals surface area contributed by atoms with Crippen molar-refractivity contribution in [2.75, 3.05) is 12.4 Å². The van der Waals surface area contributed by atoms with E-state index in [-0.39, 0.29) is 16.2 Å². The summed E-state index contributed by atoms with van der Waals surface area (Å²) >= 11 is 5.96. The Morgan fingerprint density at radius 3 is 2.38 bits per heavy atom. The van der Waals surface area contributed by atoms with Gasteiger partial charge in [-0.3, -0.25) is 4.79 Å². The van der Waals surface area contributed by atoms with Crippen LogP contribution in [0.2, 0.25) is 5.02 Å². The number of methoxy groups -OCH3 is 1. The molecule has 2 aromatic rings. The molecule has 0 atom stereocenters. The normalized spacial score (nSPS) is 11.6. The number of rotatable bonds is 4. The van der Waals surface area contributed by atoms with E-state index in [4.69, 9.17) is 21.6 Å². The van der Waals surface area contributed by atoms with Crippen LogP contribution in [0, 0.1) is 11.3 Å². The van der Waals surface area contributed by atoms with Crippen LogP contribution in [0.15, 0.2) is 48.0 Å². The van der Waals surface area contributed by atoms with Crippen molar-refractivity contribution < 1.29 is 22.7 Å². The molecule has 0 spiro atoms. The van der Waals surface area contributed by atoms with E-state index in [2.05, 4.69) is 5.32 Å². The molecule has 8 heteroatoms. The highest BCUT2D eigenvalue weighted by molar-refractivity contribution is 6.32. The van der Waals surface area contributed by atoms with E-state index >= 15 is 0 Å². The van der Waals surface area contributed by atoms with Gasteiger partial charge < -0.3 is 10.1 Å². The van der Waals surface area contributed by atoms with Crippen molar-refractivity contribution in [2.24, 2.45) is 0 Å². The lowest BCUT2D eigenvalue weighted by molar-refractivity contribution is -0.137. The van der Waals surface area contributed by atoms with Crippen molar-refractivity contribution in [3.8, 4) is 11.8 Å². The Morgan fingerprint density at radius 1 is 1.23 bits per heavy atom. The number of benzene rings is 2. The summed E-state index contributed by atoms with van der Waals surface area (Å²) in [7, 11) is 1.44. The Labute approximate surface area is 152 Å². The fraction of sp³-hybridized carbons (Fsp3) is 0.111. The van der Waals surface area contributed by atoms with E-state index in [0.717, 1.165) is 12.1 Å². The maximum absolute atomic E-state index is 12.6. The second-order valence-corrected chi connectivity index (χ2v) is 5.50. The fourth-order valence-electron chi connectivity index (χ4n) is 2.03. The molecule has 2 rings (SSSR count). The number of nitrogens with one attached hydrogen (secondary N) is 1. The highest BCUT2D eigenvalue weighted by Gasteiger charge is 2.29. The molecule has 0 aromatic heterocycles. The molecule has 26 heavy (non-hydrogen) atoms. The highest BCUT2D eigenvalue weighted by Crippen LogP contribution is 2.30. The molecule has 2 aromatic carbocycles. The quantitative estimate of drug-likeness (QED) is 0.605. The minimum absolute atomic E-state index is 0.267. The number of anilines is 1. The summed E-state index contributed by atoms with van der Waals surface area (Å²) in [4.78, 5) is 12.2. The molecule has 134 valence electrons. The number of carbonyl (C=O) groups excluding carboxylic acids is 1. The van der Waals surface area contributed by atoms with Crippen molar-refractivity contribution in [1.29, 1.82) is 5.26 Å². The average Bonchev–Trinajstić information content (AvgIpc) is 2.59. The monoisotopic (exact) mass is 380 g/mol. The van der Waals surface area contributed by atoms with Crippen LogP contribution < -0.4 is 10.1 Å². The molecule has 0 heterocycles. The third-order valence-corrected chi connectivity index (χ3v) is 3.62. The number of amides is 1. The Kier molecular flexibility index (Phi) is 5.90. The summed E-state index contributed by atoms with van der Waals surface area (Å²) < 4.78 is 42.7. The van der Waals surface area contributed by atoms with E-state index in [1.807, 2.05) is 0 Å². The number of nitriles is 1. The smallest absolute Gasteiger partial charge is 0.416 e. The molecule has 0 aliphatic carbocycles. The number of halogens is 4. The van der Waals surface area contributed by atoms with Crippen LogP contribution >= 0.6 is 11.6 Å². The van der Waals surface area contributed by atoms with E-state index in [1.165, 1.54) is 37.5 Å². The molecule has 0 bridgehead atoms. The number of hydrogen-bond donors (Lipinski definition) is 1. The molecule has 1 amide bonds. The zero-order valence-electron chi connectivity index (χ0n) is 13.4. The predicted molar refractivity (Wildman–Crippen MR) is 91.7 cm³/mol. The Hall–Kier alpha value is -2.98. The first kappa shape index (κ1) is 19.3. The summed E-state index contributed by atoms with van der Waals surface area (Å²) in [6.45, 7) is 0. The highest BCUT2D eigenvalue weighted by atomic mass is 35.5. The van der Waals surface area contributed by atoms with Crippen LogP contribution in [0.1, 0.15) is 11.1 Å². The first-order valence-corrected chi connectivity index (χ1v) is 7.56. The molecule has 4 nitrogen and oxygen atoms in total. The SMILES string of the molecule is COc1ccc(NC(=O)/C(C#N)=C/c2ccc(C(F)(F)F)cc2)cc1Cl. The van der Waals surface area contributed by atoms with Gasteiger partial charge in [0.25, 0.3) is 5.91 Å². The van der Waals surface area contributed by atoms with Crippen molar-refractivity contribution in [3.05, 3.63) is 64.2 Å². The van der Waals surface area contributed by atoms with E-state index < -0.39 is 17.6 Å². The van der Waals surface area contributed by atoms with E-state index in [1.54, 1.807) is 12.1 Å². The van der Waals surface area contributed by atoms with Crippen LogP contribution in [-0.4, -0.2) is 13.0 Å². The van der Waals surface area contributed by atoms with Gasteiger partial charge in [-0.2, -0.15) is 18.4 Å². The largest absolute Gasteiger partial charge is 0.495 e. The van der Waals surface area contributed by atoms with Crippen molar-refractivity contribution in [2.45, 2.75) is 6.18 Å². The van der Waals surface area contributed by atoms with Crippen LogP contribution in [0.3, 0.4) is 0 Å². The van der Waals surface area contributed by atoms with Crippen molar-refractivity contribution in [3.63, 3.8) is 0 Å². The molecule has 0 saturated carbocycles. The lowest BCUT2D eigenvalue weighted by atomic mass is 10.1. The third-order valence-electron chi connectivity index (χ3n) is 3.32. The number of ether oxygens (including phenoxy) is 1. The van der Waals surface area contributed by atoms with Gasteiger partial charge in [-0.15, -0.1) is 0 Å². The first-order valence-electron chi connectivity index (χ1n) is 7.18. The standard InChI is InChI=1S/C18H12ClF3N2O2/c1-26-16-7-6-14(9-15(16)19)24-17(25)12(10-23)8-11-2-4-13(5-3-11)18(20,21)22/h2-9H,1H3,(H,24,25)/b12-8+. The topological polar surface area (TPSA) is 62.1 Å². The zero-order valence-corrected chi connectivity index (χ0v) is 14.2. The molecule has 0 unspecified atom stereocenters. The minimum atomic E-state index is -4.45. The van der Waals surface area contributed by atoms with Crippen LogP contribution in [0.5, 0.6) is 5.75 Å². The zero-order chi connectivity index (χ0) is 19.3. The lowest BCUT2D eigenvalue weighted by Crippen LogP contribution is -2.13. The van der Waals surface area contributed by atoms with Gasteiger partial charge >= 0.3 is 6.18 Å². The van der Waals surface area contributed by atoms with Gasteiger partial charge in [-0.25, -0.2) is 0 Å². The second-order valence-electron chi connectivity index (χ2n) is 5.09. The third kappa shape index (κ3) is 4.77. The summed E-state index contributed by atoms with van der Waals surface area (Å²) in [5, 5.41) is 11.9. The molecular weight excluding hydrogens is 369 g/mol. The molecule has 0 fully saturated rings. The summed E-state index contributed by atoms with van der Waals surface area (Å²) in [6.07, 6.45) is -3.26. The van der Waals surface area contributed by atoms with Gasteiger partial charge in [0.2, 0.25) is 0 Å². The predicted octanol–water partition coefficient (Wildman–Crippen LogP) is 4.91. The number of nitrogens with zero attached hydrogens (tertiary/aromatic N) is 1. The molecule has 0 aliphatic rings. The van der Waals surface area contributed by atoms with Crippen molar-refractivity contribution in [1.82, 2.24) is 0 Å². The van der Waals surface area contributed by atoms with Gasteiger partial charge in [-0.1, -0.05) is 23.7 Å². The van der Waals surface area contributed by atoms with Crippen LogP contribution in [-0.2, 0) is 11.0 Å². The fourth-order valence-corrected chi connectivity index (χ4v) is 2.28. The number of hydrogen-bond acceptors (Lipinski definition) is 3. The van der Waals surface area contributed by atoms with Gasteiger partial charge in [-0.05, 0) is 42.0 Å². The van der Waals surface area contributed by atoms with Gasteiger partial charge in [0, 0.05) is 5.69 Å². The number of carbonyl (C=O) groups is 1. The first-order chi connectivity index (χ1) is 12.2. The summed E-state index contributed by atoms with van der Waals surface area (Å²) in [5.41, 5.74) is -0.450. The molecule has 1 N–H and O–H groups in total. The summed E-state index contributed by atoms with van der Waals surface area (Å²) in [5.74, 6) is -0.292. The van der Waals surface area contributed by atoms with Gasteiger partial charge in [0.1, 0.15) is 17.4 Å². The minimum Gasteiger partial charge on any atom is -0.495 e. The van der Waals surface area contributed by atoms with Gasteiger partial charge in [0.05, 0.1) is 17.7 Å². The van der Waals surface area contributed by atoms with Gasteiger partial charge in [0.15, 0.2) is 0 Å². The average molecular weight is 381 g/mol. The molecule has 0 aliphatic heterocycles. The Bertz CT molecular complexity index is 885. The second kappa shape index (κ2) is 7.93. The Morgan fingerprint density at radius 2 is 1.88 bits per heavy atom.